The molecule has 0 aliphatic carbocycles. The van der Waals surface area contributed by atoms with Gasteiger partial charge in [-0.05, 0) is 28.1 Å². The molecule has 0 N–H and O–H groups in total. The van der Waals surface area contributed by atoms with E-state index < -0.39 is 0 Å². The normalized spacial score (nSPS) is 10.3. The van der Waals surface area contributed by atoms with Crippen molar-refractivity contribution in [3.8, 4) is 0 Å². The monoisotopic (exact) mass is 355 g/mol. The Bertz CT molecular complexity index is 300. The molecule has 5 heteroatoms. The topological polar surface area (TPSA) is 30.0 Å². The average Bonchev–Trinajstić information content (AvgIpc) is 2.04. The fourth-order valence-electron chi connectivity index (χ4n) is 0.670. The van der Waals surface area contributed by atoms with Gasteiger partial charge in [-0.15, -0.1) is 0 Å². The molecular weight excluding hydrogens is 354 g/mol. The van der Waals surface area contributed by atoms with Gasteiger partial charge in [0.15, 0.2) is 0 Å². The Hall–Kier alpha value is 0.260. The number of pyridine rings is 1. The van der Waals surface area contributed by atoms with Crippen LogP contribution in [0.3, 0.4) is 0 Å². The second kappa shape index (κ2) is 4.48. The fraction of sp³-hybridized carbons (Fsp3) is 0.143. The molecule has 0 aliphatic heterocycles. The summed E-state index contributed by atoms with van der Waals surface area (Å²) in [5, 5.41) is 0. The van der Waals surface area contributed by atoms with Crippen molar-refractivity contribution >= 4 is 53.6 Å². The molecule has 0 spiro atoms. The Morgan fingerprint density at radius 3 is 2.67 bits per heavy atom. The van der Waals surface area contributed by atoms with E-state index in [1.54, 1.807) is 18.3 Å². The predicted molar refractivity (Wildman–Crippen MR) is 57.9 cm³/mol. The number of carbonyl (C=O) groups excluding carboxylic acids is 1. The highest BCUT2D eigenvalue weighted by Crippen LogP contribution is 2.20. The van der Waals surface area contributed by atoms with Crippen LogP contribution in [0.4, 0.5) is 0 Å². The van der Waals surface area contributed by atoms with Gasteiger partial charge in [0.2, 0.25) is 5.78 Å². The third-order valence-electron chi connectivity index (χ3n) is 1.19. The van der Waals surface area contributed by atoms with Gasteiger partial charge in [0.1, 0.15) is 9.43 Å². The molecule has 2 nitrogen and oxygen atoms in total. The Morgan fingerprint density at radius 1 is 1.50 bits per heavy atom. The zero-order valence-corrected chi connectivity index (χ0v) is 10.6. The molecule has 12 heavy (non-hydrogen) atoms. The van der Waals surface area contributed by atoms with Crippen molar-refractivity contribution in [3.63, 3.8) is 0 Å². The van der Waals surface area contributed by atoms with Crippen LogP contribution in [0.1, 0.15) is 10.5 Å². The van der Waals surface area contributed by atoms with E-state index in [4.69, 9.17) is 0 Å². The third kappa shape index (κ3) is 2.37. The molecule has 1 heterocycles. The highest BCUT2D eigenvalue weighted by atomic mass is 79.9. The molecule has 1 aromatic heterocycles. The molecule has 0 aromatic carbocycles. The lowest BCUT2D eigenvalue weighted by Crippen LogP contribution is -2.09. The lowest BCUT2D eigenvalue weighted by Gasteiger charge is -2.01. The number of hydrogen-bond donors (Lipinski definition) is 0. The minimum Gasteiger partial charge on any atom is -0.290 e. The van der Waals surface area contributed by atoms with Crippen molar-refractivity contribution < 1.29 is 4.79 Å². The van der Waals surface area contributed by atoms with Gasteiger partial charge in [-0.3, -0.25) is 9.78 Å². The first-order valence-electron chi connectivity index (χ1n) is 3.06. The largest absolute Gasteiger partial charge is 0.290 e. The first kappa shape index (κ1) is 10.3. The molecule has 0 saturated heterocycles. The summed E-state index contributed by atoms with van der Waals surface area (Å²) in [6.07, 6.45) is 1.58. The van der Waals surface area contributed by atoms with Crippen molar-refractivity contribution in [1.29, 1.82) is 0 Å². The standard InChI is InChI=1S/C7H4Br3NO/c8-4-2-1-3-11-5(4)6(12)7(9)10/h1-3,7H. The quantitative estimate of drug-likeness (QED) is 0.601. The molecule has 0 aliphatic rings. The second-order valence-corrected chi connectivity index (χ2v) is 5.91. The van der Waals surface area contributed by atoms with Crippen LogP contribution in [0.25, 0.3) is 0 Å². The summed E-state index contributed by atoms with van der Waals surface area (Å²) in [5.41, 5.74) is 0.427. The third-order valence-corrected chi connectivity index (χ3v) is 2.66. The number of hydrogen-bond acceptors (Lipinski definition) is 2. The van der Waals surface area contributed by atoms with E-state index in [1.807, 2.05) is 0 Å². The maximum atomic E-state index is 11.4. The van der Waals surface area contributed by atoms with Crippen molar-refractivity contribution in [2.75, 3.05) is 0 Å². The molecule has 0 unspecified atom stereocenters. The Labute approximate surface area is 95.1 Å². The Kier molecular flexibility index (Phi) is 3.86. The Morgan fingerprint density at radius 2 is 2.17 bits per heavy atom. The van der Waals surface area contributed by atoms with Crippen molar-refractivity contribution in [3.05, 3.63) is 28.5 Å². The SMILES string of the molecule is O=C(c1ncccc1Br)C(Br)Br. The lowest BCUT2D eigenvalue weighted by atomic mass is 10.3. The molecular formula is C7H4Br3NO. The summed E-state index contributed by atoms with van der Waals surface area (Å²) in [6.45, 7) is 0. The number of aromatic nitrogens is 1. The summed E-state index contributed by atoms with van der Waals surface area (Å²) in [5.74, 6) is -0.0949. The van der Waals surface area contributed by atoms with Crippen LogP contribution in [0.15, 0.2) is 22.8 Å². The van der Waals surface area contributed by atoms with Crippen LogP contribution in [0, 0.1) is 0 Å². The molecule has 0 amide bonds. The molecule has 1 aromatic rings. The maximum absolute atomic E-state index is 11.4. The Balaban J connectivity index is 3.03. The van der Waals surface area contributed by atoms with Crippen molar-refractivity contribution in [2.45, 2.75) is 3.74 Å². The summed E-state index contributed by atoms with van der Waals surface area (Å²) < 4.78 is 0.329. The zero-order valence-electron chi connectivity index (χ0n) is 5.80. The van der Waals surface area contributed by atoms with E-state index in [0.29, 0.717) is 10.2 Å². The van der Waals surface area contributed by atoms with Crippen molar-refractivity contribution in [2.24, 2.45) is 0 Å². The molecule has 0 atom stereocenters. The van der Waals surface area contributed by atoms with Crippen LogP contribution < -0.4 is 0 Å². The first-order valence-corrected chi connectivity index (χ1v) is 5.68. The van der Waals surface area contributed by atoms with E-state index in [9.17, 15) is 4.79 Å². The summed E-state index contributed by atoms with van der Waals surface area (Å²) >= 11 is 9.47. The van der Waals surface area contributed by atoms with Crippen LogP contribution in [-0.4, -0.2) is 14.5 Å². The molecule has 0 radical (unpaired) electrons. The predicted octanol–water partition coefficient (Wildman–Crippen LogP) is 3.14. The van der Waals surface area contributed by atoms with Gasteiger partial charge in [0, 0.05) is 10.7 Å². The van der Waals surface area contributed by atoms with Gasteiger partial charge in [-0.2, -0.15) is 0 Å². The average molecular weight is 358 g/mol. The lowest BCUT2D eigenvalue weighted by molar-refractivity contribution is 0.101. The number of carbonyl (C=O) groups is 1. The minimum atomic E-state index is -0.379. The summed E-state index contributed by atoms with van der Waals surface area (Å²) in [4.78, 5) is 15.3. The van der Waals surface area contributed by atoms with Gasteiger partial charge in [-0.25, -0.2) is 0 Å². The molecule has 64 valence electrons. The van der Waals surface area contributed by atoms with Crippen LogP contribution in [0.2, 0.25) is 0 Å². The minimum absolute atomic E-state index is 0.0949. The van der Waals surface area contributed by atoms with E-state index in [1.165, 1.54) is 0 Å². The number of ketones is 1. The number of rotatable bonds is 2. The second-order valence-electron chi connectivity index (χ2n) is 2.00. The van der Waals surface area contributed by atoms with E-state index >= 15 is 0 Å². The zero-order chi connectivity index (χ0) is 9.14. The fourth-order valence-corrected chi connectivity index (χ4v) is 1.55. The number of halogens is 3. The van der Waals surface area contributed by atoms with E-state index in [2.05, 4.69) is 52.8 Å². The van der Waals surface area contributed by atoms with Crippen LogP contribution in [-0.2, 0) is 0 Å². The summed E-state index contributed by atoms with van der Waals surface area (Å²) in [6, 6.07) is 3.54. The van der Waals surface area contributed by atoms with E-state index in [0.717, 1.165) is 0 Å². The number of alkyl halides is 2. The molecule has 1 rings (SSSR count). The molecule has 0 fully saturated rings. The molecule has 0 bridgehead atoms. The van der Waals surface area contributed by atoms with E-state index in [-0.39, 0.29) is 9.52 Å². The first-order chi connectivity index (χ1) is 5.63. The highest BCUT2D eigenvalue weighted by Gasteiger charge is 2.16. The molecule has 0 saturated carbocycles. The highest BCUT2D eigenvalue weighted by molar-refractivity contribution is 9.25. The van der Waals surface area contributed by atoms with Gasteiger partial charge in [0.05, 0.1) is 0 Å². The van der Waals surface area contributed by atoms with Gasteiger partial charge >= 0.3 is 0 Å². The van der Waals surface area contributed by atoms with Gasteiger partial charge < -0.3 is 0 Å². The number of Topliss-reactive ketones (excluding diaryl/α,β-unsaturated/α-hetero) is 1. The smallest absolute Gasteiger partial charge is 0.206 e. The summed E-state index contributed by atoms with van der Waals surface area (Å²) in [7, 11) is 0. The maximum Gasteiger partial charge on any atom is 0.206 e. The van der Waals surface area contributed by atoms with Gasteiger partial charge in [-0.1, -0.05) is 31.9 Å². The van der Waals surface area contributed by atoms with Crippen LogP contribution in [0.5, 0.6) is 0 Å². The van der Waals surface area contributed by atoms with Gasteiger partial charge in [0.25, 0.3) is 0 Å². The van der Waals surface area contributed by atoms with Crippen molar-refractivity contribution in [1.82, 2.24) is 4.98 Å². The van der Waals surface area contributed by atoms with Crippen LogP contribution >= 0.6 is 47.8 Å². The number of nitrogens with zero attached hydrogens (tertiary/aromatic N) is 1.